The molecule has 4 aromatic rings. The summed E-state index contributed by atoms with van der Waals surface area (Å²) in [5.74, 6) is 1.17. The van der Waals surface area contributed by atoms with Gasteiger partial charge in [-0.1, -0.05) is 60.2 Å². The summed E-state index contributed by atoms with van der Waals surface area (Å²) in [5.41, 5.74) is 11.2. The van der Waals surface area contributed by atoms with E-state index in [1.807, 2.05) is 54.6 Å². The lowest BCUT2D eigenvalue weighted by Crippen LogP contribution is -2.05. The Kier molecular flexibility index (Phi) is 5.96. The molecule has 0 saturated heterocycles. The molecule has 0 aliphatic rings. The molecule has 30 heavy (non-hydrogen) atoms. The van der Waals surface area contributed by atoms with Crippen molar-refractivity contribution in [2.45, 2.75) is 20.1 Å². The van der Waals surface area contributed by atoms with Gasteiger partial charge >= 0.3 is 0 Å². The monoisotopic (exact) mass is 397 g/mol. The van der Waals surface area contributed by atoms with Crippen LogP contribution in [0.15, 0.2) is 79.3 Å². The minimum atomic E-state index is 0.400. The molecular formula is C24H23N5O. The van der Waals surface area contributed by atoms with Crippen LogP contribution in [-0.2, 0) is 13.2 Å². The van der Waals surface area contributed by atoms with Crippen molar-refractivity contribution in [1.82, 2.24) is 15.0 Å². The van der Waals surface area contributed by atoms with Crippen LogP contribution in [0.4, 0.5) is 11.5 Å². The summed E-state index contributed by atoms with van der Waals surface area (Å²) in [6.45, 7) is 2.87. The molecule has 4 rings (SSSR count). The molecule has 2 aromatic heterocycles. The SMILES string of the molecule is Cc1ccc(-c2ncnc(Nc3ccc(CN)nc3)c2OCc2ccccc2)cc1. The molecule has 6 heteroatoms. The number of hydrogen-bond donors (Lipinski definition) is 2. The summed E-state index contributed by atoms with van der Waals surface area (Å²) in [5, 5.41) is 3.30. The Balaban J connectivity index is 1.70. The Morgan fingerprint density at radius 1 is 0.900 bits per heavy atom. The zero-order valence-electron chi connectivity index (χ0n) is 16.7. The van der Waals surface area contributed by atoms with Crippen LogP contribution in [0.2, 0.25) is 0 Å². The molecule has 0 spiro atoms. The highest BCUT2D eigenvalue weighted by Crippen LogP contribution is 2.35. The highest BCUT2D eigenvalue weighted by molar-refractivity contribution is 5.75. The second-order valence-electron chi connectivity index (χ2n) is 6.91. The minimum absolute atomic E-state index is 0.400. The standard InChI is InChI=1S/C24H23N5O/c1-17-7-9-19(10-8-17)22-23(30-15-18-5-3-2-4-6-18)24(28-16-27-22)29-21-12-11-20(13-25)26-14-21/h2-12,14,16H,13,15,25H2,1H3,(H,27,28,29). The quantitative estimate of drug-likeness (QED) is 0.473. The Morgan fingerprint density at radius 3 is 2.40 bits per heavy atom. The zero-order valence-corrected chi connectivity index (χ0v) is 16.7. The van der Waals surface area contributed by atoms with Gasteiger partial charge in [-0.25, -0.2) is 9.97 Å². The van der Waals surface area contributed by atoms with Gasteiger partial charge in [0.05, 0.1) is 17.6 Å². The molecule has 0 aliphatic heterocycles. The third-order valence-electron chi connectivity index (χ3n) is 4.65. The summed E-state index contributed by atoms with van der Waals surface area (Å²) in [6.07, 6.45) is 3.27. The van der Waals surface area contributed by atoms with Gasteiger partial charge in [0.15, 0.2) is 11.6 Å². The number of nitrogens with two attached hydrogens (primary N) is 1. The topological polar surface area (TPSA) is 86.0 Å². The molecule has 2 heterocycles. The van der Waals surface area contributed by atoms with Crippen molar-refractivity contribution in [1.29, 1.82) is 0 Å². The van der Waals surface area contributed by atoms with Gasteiger partial charge in [0.2, 0.25) is 0 Å². The van der Waals surface area contributed by atoms with Crippen LogP contribution in [-0.4, -0.2) is 15.0 Å². The van der Waals surface area contributed by atoms with Crippen molar-refractivity contribution < 1.29 is 4.74 Å². The number of hydrogen-bond acceptors (Lipinski definition) is 6. The first-order chi connectivity index (χ1) is 14.7. The number of nitrogens with zero attached hydrogens (tertiary/aromatic N) is 3. The fourth-order valence-electron chi connectivity index (χ4n) is 3.00. The fourth-order valence-corrected chi connectivity index (χ4v) is 3.00. The first kappa shape index (κ1) is 19.5. The molecule has 0 aliphatic carbocycles. The lowest BCUT2D eigenvalue weighted by molar-refractivity contribution is 0.307. The van der Waals surface area contributed by atoms with Gasteiger partial charge in [0.25, 0.3) is 0 Å². The van der Waals surface area contributed by atoms with Gasteiger partial charge in [-0.15, -0.1) is 0 Å². The largest absolute Gasteiger partial charge is 0.483 e. The average Bonchev–Trinajstić information content (AvgIpc) is 2.80. The number of nitrogens with one attached hydrogen (secondary N) is 1. The average molecular weight is 397 g/mol. The second kappa shape index (κ2) is 9.15. The van der Waals surface area contributed by atoms with Crippen LogP contribution < -0.4 is 15.8 Å². The predicted octanol–water partition coefficient (Wildman–Crippen LogP) is 4.63. The molecule has 0 bridgehead atoms. The maximum Gasteiger partial charge on any atom is 0.188 e. The van der Waals surface area contributed by atoms with Crippen molar-refractivity contribution in [2.75, 3.05) is 5.32 Å². The molecule has 0 saturated carbocycles. The lowest BCUT2D eigenvalue weighted by atomic mass is 10.1. The van der Waals surface area contributed by atoms with Crippen molar-refractivity contribution in [2.24, 2.45) is 5.73 Å². The van der Waals surface area contributed by atoms with Gasteiger partial charge in [-0.05, 0) is 24.6 Å². The first-order valence-corrected chi connectivity index (χ1v) is 9.73. The molecule has 0 atom stereocenters. The summed E-state index contributed by atoms with van der Waals surface area (Å²) < 4.78 is 6.23. The van der Waals surface area contributed by atoms with Gasteiger partial charge < -0.3 is 15.8 Å². The van der Waals surface area contributed by atoms with Gasteiger partial charge in [0.1, 0.15) is 18.6 Å². The molecule has 0 unspecified atom stereocenters. The van der Waals surface area contributed by atoms with Gasteiger partial charge in [0, 0.05) is 12.1 Å². The van der Waals surface area contributed by atoms with Gasteiger partial charge in [-0.3, -0.25) is 4.98 Å². The molecular weight excluding hydrogens is 374 g/mol. The van der Waals surface area contributed by atoms with Crippen LogP contribution in [0, 0.1) is 6.92 Å². The van der Waals surface area contributed by atoms with E-state index in [2.05, 4.69) is 39.3 Å². The third kappa shape index (κ3) is 4.61. The van der Waals surface area contributed by atoms with Crippen molar-refractivity contribution in [3.8, 4) is 17.0 Å². The van der Waals surface area contributed by atoms with E-state index in [9.17, 15) is 0 Å². The number of benzene rings is 2. The highest BCUT2D eigenvalue weighted by atomic mass is 16.5. The zero-order chi connectivity index (χ0) is 20.8. The van der Waals surface area contributed by atoms with Crippen molar-refractivity contribution >= 4 is 11.5 Å². The fraction of sp³-hybridized carbons (Fsp3) is 0.125. The first-order valence-electron chi connectivity index (χ1n) is 9.73. The van der Waals surface area contributed by atoms with E-state index in [1.54, 1.807) is 6.20 Å². The van der Waals surface area contributed by atoms with E-state index in [1.165, 1.54) is 11.9 Å². The second-order valence-corrected chi connectivity index (χ2v) is 6.91. The normalized spacial score (nSPS) is 10.6. The maximum atomic E-state index is 6.23. The summed E-state index contributed by atoms with van der Waals surface area (Å²) in [4.78, 5) is 13.3. The third-order valence-corrected chi connectivity index (χ3v) is 4.65. The maximum absolute atomic E-state index is 6.23. The Labute approximate surface area is 175 Å². The van der Waals surface area contributed by atoms with E-state index in [0.717, 1.165) is 28.2 Å². The molecule has 150 valence electrons. The smallest absolute Gasteiger partial charge is 0.188 e. The minimum Gasteiger partial charge on any atom is -0.483 e. The summed E-state index contributed by atoms with van der Waals surface area (Å²) in [7, 11) is 0. The van der Waals surface area contributed by atoms with E-state index < -0.39 is 0 Å². The highest BCUT2D eigenvalue weighted by Gasteiger charge is 2.16. The Morgan fingerprint density at radius 2 is 1.70 bits per heavy atom. The molecule has 0 radical (unpaired) electrons. The van der Waals surface area contributed by atoms with Crippen LogP contribution in [0.25, 0.3) is 11.3 Å². The predicted molar refractivity (Wildman–Crippen MR) is 118 cm³/mol. The van der Waals surface area contributed by atoms with Crippen LogP contribution >= 0.6 is 0 Å². The number of aromatic nitrogens is 3. The van der Waals surface area contributed by atoms with Gasteiger partial charge in [-0.2, -0.15) is 0 Å². The van der Waals surface area contributed by atoms with E-state index in [0.29, 0.717) is 24.7 Å². The number of anilines is 2. The van der Waals surface area contributed by atoms with Crippen LogP contribution in [0.1, 0.15) is 16.8 Å². The van der Waals surface area contributed by atoms with Crippen LogP contribution in [0.3, 0.4) is 0 Å². The molecule has 3 N–H and O–H groups in total. The number of aryl methyl sites for hydroxylation is 1. The number of pyridine rings is 1. The van der Waals surface area contributed by atoms with E-state index in [4.69, 9.17) is 10.5 Å². The Bertz CT molecular complexity index is 1100. The lowest BCUT2D eigenvalue weighted by Gasteiger charge is -2.16. The number of ether oxygens (including phenoxy) is 1. The van der Waals surface area contributed by atoms with Crippen LogP contribution in [0.5, 0.6) is 5.75 Å². The molecule has 6 nitrogen and oxygen atoms in total. The van der Waals surface area contributed by atoms with E-state index in [-0.39, 0.29) is 0 Å². The number of rotatable bonds is 7. The Hall–Kier alpha value is -3.77. The van der Waals surface area contributed by atoms with Crippen molar-refractivity contribution in [3.05, 3.63) is 96.1 Å². The summed E-state index contributed by atoms with van der Waals surface area (Å²) >= 11 is 0. The van der Waals surface area contributed by atoms with Crippen molar-refractivity contribution in [3.63, 3.8) is 0 Å². The molecule has 0 amide bonds. The van der Waals surface area contributed by atoms with E-state index >= 15 is 0 Å². The molecule has 2 aromatic carbocycles. The molecule has 0 fully saturated rings. The summed E-state index contributed by atoms with van der Waals surface area (Å²) in [6, 6.07) is 22.0.